The van der Waals surface area contributed by atoms with E-state index in [0.717, 1.165) is 16.7 Å². The number of esters is 3. The molecule has 3 fully saturated rings. The summed E-state index contributed by atoms with van der Waals surface area (Å²) in [6.45, 7) is 12.5. The molecule has 4 aliphatic rings. The van der Waals surface area contributed by atoms with Crippen molar-refractivity contribution in [1.29, 1.82) is 0 Å². The standard InChI is InChI=1S/C34H38O8/c1-19-22-12-13-23(21-14-15-39-18-21)33(22,4)30(41-31(37)20-10-8-7-9-11-20)29-28(19)34(5)24(16-26(35)38-6)32(2,3)42-27(36)17-25(34)40-29/h7-12,14-15,18,23-25,28-30H,1,13,16-17H2,2-6H3/t23-,24-,25-,28+,29+,30-,33+,34+/m0/s1. The maximum Gasteiger partial charge on any atom is 0.338 e. The zero-order valence-corrected chi connectivity index (χ0v) is 24.8. The van der Waals surface area contributed by atoms with Crippen LogP contribution in [-0.4, -0.2) is 48.9 Å². The molecule has 8 nitrogen and oxygen atoms in total. The fourth-order valence-electron chi connectivity index (χ4n) is 8.65. The molecule has 1 aromatic heterocycles. The fraction of sp³-hybridized carbons (Fsp3) is 0.500. The predicted molar refractivity (Wildman–Crippen MR) is 152 cm³/mol. The lowest BCUT2D eigenvalue weighted by Gasteiger charge is -2.53. The van der Waals surface area contributed by atoms with Crippen molar-refractivity contribution in [2.24, 2.45) is 22.7 Å². The van der Waals surface area contributed by atoms with Crippen molar-refractivity contribution in [3.8, 4) is 0 Å². The second kappa shape index (κ2) is 9.97. The zero-order chi connectivity index (χ0) is 30.0. The number of hydrogen-bond acceptors (Lipinski definition) is 8. The van der Waals surface area contributed by atoms with Crippen molar-refractivity contribution < 1.29 is 37.7 Å². The van der Waals surface area contributed by atoms with E-state index >= 15 is 0 Å². The van der Waals surface area contributed by atoms with E-state index in [4.69, 9.17) is 23.4 Å². The number of furan rings is 1. The average molecular weight is 575 g/mol. The summed E-state index contributed by atoms with van der Waals surface area (Å²) in [7, 11) is 1.36. The minimum Gasteiger partial charge on any atom is -0.472 e. The van der Waals surface area contributed by atoms with Crippen LogP contribution in [0.5, 0.6) is 0 Å². The summed E-state index contributed by atoms with van der Waals surface area (Å²) in [5, 5.41) is 0. The molecule has 0 N–H and O–H groups in total. The lowest BCUT2D eigenvalue weighted by atomic mass is 9.51. The van der Waals surface area contributed by atoms with Gasteiger partial charge in [0.25, 0.3) is 0 Å². The Morgan fingerprint density at radius 1 is 1.10 bits per heavy atom. The first kappa shape index (κ1) is 28.5. The molecule has 222 valence electrons. The van der Waals surface area contributed by atoms with Crippen LogP contribution in [0.3, 0.4) is 0 Å². The maximum atomic E-state index is 13.7. The number of rotatable bonds is 5. The van der Waals surface area contributed by atoms with E-state index in [2.05, 4.69) is 26.5 Å². The molecular weight excluding hydrogens is 536 g/mol. The van der Waals surface area contributed by atoms with Crippen molar-refractivity contribution in [2.45, 2.75) is 76.8 Å². The largest absolute Gasteiger partial charge is 0.472 e. The Labute approximate surface area is 246 Å². The number of methoxy groups -OCH3 is 1. The van der Waals surface area contributed by atoms with Gasteiger partial charge in [-0.3, -0.25) is 9.59 Å². The second-order valence-corrected chi connectivity index (χ2v) is 13.0. The Kier molecular flexibility index (Phi) is 6.76. The minimum atomic E-state index is -0.992. The van der Waals surface area contributed by atoms with Crippen molar-refractivity contribution in [3.63, 3.8) is 0 Å². The van der Waals surface area contributed by atoms with Crippen molar-refractivity contribution >= 4 is 17.9 Å². The van der Waals surface area contributed by atoms with Gasteiger partial charge in [0.1, 0.15) is 17.8 Å². The van der Waals surface area contributed by atoms with E-state index in [0.29, 0.717) is 12.0 Å². The van der Waals surface area contributed by atoms with Crippen LogP contribution in [0.1, 0.15) is 68.8 Å². The fourth-order valence-corrected chi connectivity index (χ4v) is 8.65. The summed E-state index contributed by atoms with van der Waals surface area (Å²) in [4.78, 5) is 39.6. The number of fused-ring (bicyclic) bond motifs is 4. The van der Waals surface area contributed by atoms with Gasteiger partial charge in [0.2, 0.25) is 0 Å². The summed E-state index contributed by atoms with van der Waals surface area (Å²) >= 11 is 0. The Bertz CT molecular complexity index is 1440. The number of carbonyl (C=O) groups is 3. The topological polar surface area (TPSA) is 101 Å². The summed E-state index contributed by atoms with van der Waals surface area (Å²) in [6, 6.07) is 10.9. The Morgan fingerprint density at radius 2 is 1.83 bits per heavy atom. The molecule has 0 bridgehead atoms. The second-order valence-electron chi connectivity index (χ2n) is 13.0. The summed E-state index contributed by atoms with van der Waals surface area (Å²) in [6.07, 6.45) is 4.41. The molecule has 0 amide bonds. The molecule has 6 rings (SSSR count). The average Bonchev–Trinajstić information content (AvgIpc) is 3.66. The number of ether oxygens (including phenoxy) is 4. The van der Waals surface area contributed by atoms with Crippen molar-refractivity contribution in [3.05, 3.63) is 83.9 Å². The molecular formula is C34H38O8. The number of hydrogen-bond donors (Lipinski definition) is 0. The molecule has 1 aromatic carbocycles. The Morgan fingerprint density at radius 3 is 2.50 bits per heavy atom. The third-order valence-electron chi connectivity index (χ3n) is 10.6. The quantitative estimate of drug-likeness (QED) is 0.327. The van der Waals surface area contributed by atoms with E-state index in [9.17, 15) is 14.4 Å². The molecule has 8 heteroatoms. The Hall–Kier alpha value is -3.65. The highest BCUT2D eigenvalue weighted by atomic mass is 16.6. The summed E-state index contributed by atoms with van der Waals surface area (Å²) in [5.74, 6) is -2.10. The van der Waals surface area contributed by atoms with Gasteiger partial charge in [0, 0.05) is 28.6 Å². The molecule has 0 spiro atoms. The first-order chi connectivity index (χ1) is 19.9. The summed E-state index contributed by atoms with van der Waals surface area (Å²) < 4.78 is 29.9. The highest BCUT2D eigenvalue weighted by Gasteiger charge is 2.71. The molecule has 2 saturated heterocycles. The Balaban J connectivity index is 1.50. The first-order valence-electron chi connectivity index (χ1n) is 14.5. The molecule has 42 heavy (non-hydrogen) atoms. The SMILES string of the molecule is C=C1C2=CC[C@@H](c3ccoc3)[C@]2(C)[C@@H](OC(=O)c2ccccc2)[C@@H]2O[C@H]3CC(=O)OC(C)(C)[C@H](CC(=O)OC)[C@@]3(C)[C@H]12. The normalized spacial score (nSPS) is 36.5. The lowest BCUT2D eigenvalue weighted by Crippen LogP contribution is -2.57. The van der Waals surface area contributed by atoms with E-state index in [1.54, 1.807) is 36.8 Å². The van der Waals surface area contributed by atoms with Crippen LogP contribution in [0.2, 0.25) is 0 Å². The van der Waals surface area contributed by atoms with Crippen molar-refractivity contribution in [2.75, 3.05) is 7.11 Å². The molecule has 0 radical (unpaired) electrons. The minimum absolute atomic E-state index is 0.0121. The number of allylic oxidation sites excluding steroid dienone is 1. The van der Waals surface area contributed by atoms with E-state index in [1.807, 2.05) is 26.0 Å². The third-order valence-corrected chi connectivity index (χ3v) is 10.6. The molecule has 8 atom stereocenters. The van der Waals surface area contributed by atoms with Crippen LogP contribution in [0.25, 0.3) is 0 Å². The maximum absolute atomic E-state index is 13.7. The van der Waals surface area contributed by atoms with Gasteiger partial charge in [-0.15, -0.1) is 0 Å². The molecule has 0 unspecified atom stereocenters. The monoisotopic (exact) mass is 574 g/mol. The van der Waals surface area contributed by atoms with E-state index < -0.39 is 58.6 Å². The zero-order valence-electron chi connectivity index (χ0n) is 24.8. The molecule has 3 heterocycles. The molecule has 1 saturated carbocycles. The highest BCUT2D eigenvalue weighted by Crippen LogP contribution is 2.68. The smallest absolute Gasteiger partial charge is 0.338 e. The molecule has 2 aliphatic carbocycles. The number of cyclic esters (lactones) is 1. The first-order valence-corrected chi connectivity index (χ1v) is 14.5. The van der Waals surface area contributed by atoms with Gasteiger partial charge in [-0.2, -0.15) is 0 Å². The van der Waals surface area contributed by atoms with E-state index in [-0.39, 0.29) is 24.7 Å². The van der Waals surface area contributed by atoms with Gasteiger partial charge >= 0.3 is 17.9 Å². The van der Waals surface area contributed by atoms with Crippen LogP contribution < -0.4 is 0 Å². The van der Waals surface area contributed by atoms with Crippen LogP contribution in [0, 0.1) is 22.7 Å². The van der Waals surface area contributed by atoms with Crippen LogP contribution in [-0.2, 0) is 28.5 Å². The molecule has 2 aliphatic heterocycles. The van der Waals surface area contributed by atoms with Gasteiger partial charge in [-0.05, 0) is 55.2 Å². The van der Waals surface area contributed by atoms with Gasteiger partial charge in [-0.25, -0.2) is 4.79 Å². The van der Waals surface area contributed by atoms with Crippen LogP contribution in [0.4, 0.5) is 0 Å². The van der Waals surface area contributed by atoms with Crippen molar-refractivity contribution in [1.82, 2.24) is 0 Å². The van der Waals surface area contributed by atoms with Gasteiger partial charge in [0.15, 0.2) is 0 Å². The predicted octanol–water partition coefficient (Wildman–Crippen LogP) is 5.79. The lowest BCUT2D eigenvalue weighted by molar-refractivity contribution is -0.168. The van der Waals surface area contributed by atoms with E-state index in [1.165, 1.54) is 7.11 Å². The van der Waals surface area contributed by atoms with Gasteiger partial charge in [-0.1, -0.05) is 44.7 Å². The summed E-state index contributed by atoms with van der Waals surface area (Å²) in [5.41, 5.74) is 0.898. The van der Waals surface area contributed by atoms with Gasteiger partial charge in [0.05, 0.1) is 44.1 Å². The van der Waals surface area contributed by atoms with Crippen LogP contribution >= 0.6 is 0 Å². The van der Waals surface area contributed by atoms with Gasteiger partial charge < -0.3 is 23.4 Å². The highest BCUT2D eigenvalue weighted by molar-refractivity contribution is 5.89. The number of benzene rings is 1. The van der Waals surface area contributed by atoms with Crippen LogP contribution in [0.15, 0.2) is 77.1 Å². The third kappa shape index (κ3) is 4.09. The molecule has 2 aromatic rings. The number of carbonyl (C=O) groups excluding carboxylic acids is 3.